The van der Waals surface area contributed by atoms with Gasteiger partial charge in [-0.25, -0.2) is 0 Å². The Balaban J connectivity index is 1.67. The normalized spacial score (nSPS) is 16.4. The van der Waals surface area contributed by atoms with Crippen molar-refractivity contribution in [2.75, 3.05) is 5.32 Å². The number of para-hydroxylation sites is 2. The number of fused-ring (bicyclic) bond motifs is 1. The van der Waals surface area contributed by atoms with Crippen LogP contribution in [0.3, 0.4) is 0 Å². The lowest BCUT2D eigenvalue weighted by atomic mass is 10.0. The average molecular weight is 482 g/mol. The van der Waals surface area contributed by atoms with E-state index in [1.807, 2.05) is 12.1 Å². The monoisotopic (exact) mass is 480 g/mol. The van der Waals surface area contributed by atoms with Crippen LogP contribution in [0.4, 0.5) is 11.4 Å². The van der Waals surface area contributed by atoms with E-state index in [-0.39, 0.29) is 6.04 Å². The summed E-state index contributed by atoms with van der Waals surface area (Å²) in [5, 5.41) is 3.66. The minimum absolute atomic E-state index is 0.176. The second-order valence-corrected chi connectivity index (χ2v) is 8.29. The van der Waals surface area contributed by atoms with E-state index in [4.69, 9.17) is 4.99 Å². The van der Waals surface area contributed by atoms with Crippen molar-refractivity contribution in [1.82, 2.24) is 0 Å². The molecule has 27 heavy (non-hydrogen) atoms. The molecular formula is C23H18Br2N2. The lowest BCUT2D eigenvalue weighted by Crippen LogP contribution is -2.12. The van der Waals surface area contributed by atoms with Crippen LogP contribution in [-0.4, -0.2) is 5.71 Å². The van der Waals surface area contributed by atoms with E-state index in [1.165, 1.54) is 5.56 Å². The summed E-state index contributed by atoms with van der Waals surface area (Å²) < 4.78 is 2.17. The number of nitrogens with one attached hydrogen (secondary N) is 1. The van der Waals surface area contributed by atoms with Gasteiger partial charge in [0, 0.05) is 21.1 Å². The summed E-state index contributed by atoms with van der Waals surface area (Å²) >= 11 is 7.00. The van der Waals surface area contributed by atoms with Gasteiger partial charge >= 0.3 is 0 Å². The molecule has 1 atom stereocenters. The van der Waals surface area contributed by atoms with Crippen LogP contribution in [0.5, 0.6) is 0 Å². The zero-order valence-corrected chi connectivity index (χ0v) is 17.7. The number of nitrogens with zero attached hydrogens (tertiary/aromatic N) is 1. The molecule has 1 aliphatic rings. The summed E-state index contributed by atoms with van der Waals surface area (Å²) in [6.07, 6.45) is 5.07. The van der Waals surface area contributed by atoms with Crippen LogP contribution in [0.2, 0.25) is 0 Å². The van der Waals surface area contributed by atoms with Gasteiger partial charge in [0.1, 0.15) is 0 Å². The van der Waals surface area contributed by atoms with Crippen molar-refractivity contribution < 1.29 is 0 Å². The second-order valence-electron chi connectivity index (χ2n) is 6.46. The maximum absolute atomic E-state index is 4.91. The fourth-order valence-electron chi connectivity index (χ4n) is 3.11. The third-order valence-corrected chi connectivity index (χ3v) is 5.58. The molecule has 4 rings (SSSR count). The number of anilines is 1. The molecule has 0 radical (unpaired) electrons. The van der Waals surface area contributed by atoms with E-state index in [2.05, 4.69) is 110 Å². The van der Waals surface area contributed by atoms with Crippen molar-refractivity contribution in [1.29, 1.82) is 0 Å². The zero-order valence-electron chi connectivity index (χ0n) is 14.6. The molecule has 0 fully saturated rings. The van der Waals surface area contributed by atoms with Crippen LogP contribution in [0.1, 0.15) is 23.6 Å². The summed E-state index contributed by atoms with van der Waals surface area (Å²) in [6, 6.07) is 25.2. The summed E-state index contributed by atoms with van der Waals surface area (Å²) in [7, 11) is 0. The zero-order chi connectivity index (χ0) is 18.6. The van der Waals surface area contributed by atoms with Gasteiger partial charge in [-0.1, -0.05) is 74.3 Å². The van der Waals surface area contributed by atoms with E-state index in [9.17, 15) is 0 Å². The first kappa shape index (κ1) is 18.2. The average Bonchev–Trinajstić information content (AvgIpc) is 2.87. The van der Waals surface area contributed by atoms with E-state index < -0.39 is 0 Å². The lowest BCUT2D eigenvalue weighted by Gasteiger charge is -2.18. The Labute approximate surface area is 176 Å². The molecule has 3 aromatic rings. The van der Waals surface area contributed by atoms with Crippen molar-refractivity contribution in [3.05, 3.63) is 98.9 Å². The van der Waals surface area contributed by atoms with Crippen molar-refractivity contribution in [3.8, 4) is 0 Å². The summed E-state index contributed by atoms with van der Waals surface area (Å²) in [6.45, 7) is 0. The van der Waals surface area contributed by atoms with E-state index in [0.29, 0.717) is 0 Å². The molecular weight excluding hydrogens is 464 g/mol. The number of hydrogen-bond donors (Lipinski definition) is 1. The van der Waals surface area contributed by atoms with Gasteiger partial charge in [-0.2, -0.15) is 0 Å². The maximum Gasteiger partial charge on any atom is 0.0864 e. The fourth-order valence-corrected chi connectivity index (χ4v) is 3.64. The fraction of sp³-hybridized carbons (Fsp3) is 0.0870. The number of allylic oxidation sites excluding steroid dienone is 1. The molecule has 0 spiro atoms. The third-order valence-electron chi connectivity index (χ3n) is 4.52. The van der Waals surface area contributed by atoms with Gasteiger partial charge in [0.2, 0.25) is 0 Å². The van der Waals surface area contributed by atoms with Crippen LogP contribution in [0, 0.1) is 0 Å². The minimum Gasteiger partial charge on any atom is -0.376 e. The molecule has 1 N–H and O–H groups in total. The second kappa shape index (κ2) is 8.24. The predicted molar refractivity (Wildman–Crippen MR) is 122 cm³/mol. The van der Waals surface area contributed by atoms with Gasteiger partial charge in [0.05, 0.1) is 17.4 Å². The molecule has 1 unspecified atom stereocenters. The van der Waals surface area contributed by atoms with Crippen LogP contribution in [0.25, 0.3) is 6.08 Å². The van der Waals surface area contributed by atoms with E-state index in [1.54, 1.807) is 0 Å². The van der Waals surface area contributed by atoms with Crippen molar-refractivity contribution >= 4 is 55.0 Å². The highest BCUT2D eigenvalue weighted by atomic mass is 79.9. The Kier molecular flexibility index (Phi) is 5.55. The van der Waals surface area contributed by atoms with Crippen LogP contribution < -0.4 is 5.32 Å². The third kappa shape index (κ3) is 4.57. The smallest absolute Gasteiger partial charge is 0.0864 e. The molecule has 0 saturated carbocycles. The summed E-state index contributed by atoms with van der Waals surface area (Å²) in [5.74, 6) is 0. The molecule has 1 heterocycles. The molecule has 4 heteroatoms. The maximum atomic E-state index is 4.91. The van der Waals surface area contributed by atoms with Gasteiger partial charge in [0.25, 0.3) is 0 Å². The highest BCUT2D eigenvalue weighted by Gasteiger charge is 2.18. The Morgan fingerprint density at radius 2 is 1.48 bits per heavy atom. The number of aliphatic imine (C=N–C) groups is 1. The van der Waals surface area contributed by atoms with Gasteiger partial charge in [-0.3, -0.25) is 4.99 Å². The van der Waals surface area contributed by atoms with E-state index in [0.717, 1.165) is 38.0 Å². The van der Waals surface area contributed by atoms with Crippen LogP contribution in [0.15, 0.2) is 92.8 Å². The van der Waals surface area contributed by atoms with E-state index >= 15 is 0 Å². The first-order chi connectivity index (χ1) is 13.2. The van der Waals surface area contributed by atoms with Gasteiger partial charge < -0.3 is 5.32 Å². The molecule has 0 bridgehead atoms. The summed E-state index contributed by atoms with van der Waals surface area (Å²) in [4.78, 5) is 4.91. The summed E-state index contributed by atoms with van der Waals surface area (Å²) in [5.41, 5.74) is 5.51. The SMILES string of the molecule is Brc1ccc(/C=C/C2=Nc3ccccc3NC(c3ccc(Br)cc3)C2)cc1. The number of rotatable bonds is 3. The van der Waals surface area contributed by atoms with Crippen molar-refractivity contribution in [2.45, 2.75) is 12.5 Å². The highest BCUT2D eigenvalue weighted by molar-refractivity contribution is 9.10. The Hall–Kier alpha value is -2.17. The van der Waals surface area contributed by atoms with Crippen molar-refractivity contribution in [2.24, 2.45) is 4.99 Å². The number of benzene rings is 3. The molecule has 134 valence electrons. The Morgan fingerprint density at radius 3 is 2.22 bits per heavy atom. The van der Waals surface area contributed by atoms with Crippen molar-refractivity contribution in [3.63, 3.8) is 0 Å². The minimum atomic E-state index is 0.176. The molecule has 3 aromatic carbocycles. The molecule has 0 aromatic heterocycles. The Bertz CT molecular complexity index is 990. The van der Waals surface area contributed by atoms with Crippen LogP contribution in [-0.2, 0) is 0 Å². The molecule has 1 aliphatic heterocycles. The van der Waals surface area contributed by atoms with Gasteiger partial charge in [-0.05, 0) is 53.6 Å². The number of halogens is 2. The number of hydrogen-bond acceptors (Lipinski definition) is 2. The highest BCUT2D eigenvalue weighted by Crippen LogP contribution is 2.34. The largest absolute Gasteiger partial charge is 0.376 e. The molecule has 2 nitrogen and oxygen atoms in total. The standard InChI is InChI=1S/C23H18Br2N2/c24-18-10-5-16(6-11-18)7-14-20-15-23(17-8-12-19(25)13-9-17)27-22-4-2-1-3-21(22)26-20/h1-14,23,27H,15H2/b14-7+. The van der Waals surface area contributed by atoms with Gasteiger partial charge in [-0.15, -0.1) is 0 Å². The lowest BCUT2D eigenvalue weighted by molar-refractivity contribution is 0.830. The Morgan fingerprint density at radius 1 is 0.815 bits per heavy atom. The molecule has 0 amide bonds. The van der Waals surface area contributed by atoms with Crippen LogP contribution >= 0.6 is 31.9 Å². The first-order valence-corrected chi connectivity index (χ1v) is 10.4. The first-order valence-electron chi connectivity index (χ1n) is 8.80. The predicted octanol–water partition coefficient (Wildman–Crippen LogP) is 7.55. The molecule has 0 saturated heterocycles. The quantitative estimate of drug-likeness (QED) is 0.410. The van der Waals surface area contributed by atoms with Gasteiger partial charge in [0.15, 0.2) is 0 Å². The molecule has 0 aliphatic carbocycles. The topological polar surface area (TPSA) is 24.4 Å².